The van der Waals surface area contributed by atoms with Gasteiger partial charge < -0.3 is 21.7 Å². The molecule has 9 nitrogen and oxygen atoms in total. The topological polar surface area (TPSA) is 151 Å². The van der Waals surface area contributed by atoms with E-state index in [4.69, 9.17) is 10.3 Å². The second-order valence-corrected chi connectivity index (χ2v) is 7.72. The molecule has 0 saturated heterocycles. The number of benzene rings is 3. The summed E-state index contributed by atoms with van der Waals surface area (Å²) in [6, 6.07) is 12.8. The fourth-order valence-corrected chi connectivity index (χ4v) is 3.24. The number of amides is 4. The lowest BCUT2D eigenvalue weighted by atomic mass is 10.1. The van der Waals surface area contributed by atoms with E-state index in [0.29, 0.717) is 27.8 Å². The molecule has 0 spiro atoms. The first-order valence-corrected chi connectivity index (χ1v) is 9.82. The van der Waals surface area contributed by atoms with Gasteiger partial charge in [-0.1, -0.05) is 18.2 Å². The summed E-state index contributed by atoms with van der Waals surface area (Å²) in [5.41, 5.74) is 7.33. The van der Waals surface area contributed by atoms with Crippen molar-refractivity contribution in [3.63, 3.8) is 0 Å². The zero-order chi connectivity index (χ0) is 21.2. The Labute approximate surface area is 166 Å². The number of rotatable bonds is 4. The minimum atomic E-state index is -4.29. The molecule has 3 rings (SSSR count). The quantitative estimate of drug-likeness (QED) is 0.414. The molecule has 0 saturated carbocycles. The molecule has 0 aliphatic rings. The minimum Gasteiger partial charge on any atom is -0.351 e. The molecule has 29 heavy (non-hydrogen) atoms. The lowest BCUT2D eigenvalue weighted by molar-refractivity contribution is 0.259. The van der Waals surface area contributed by atoms with Crippen molar-refractivity contribution in [1.82, 2.24) is 0 Å². The predicted octanol–water partition coefficient (Wildman–Crippen LogP) is 3.53. The van der Waals surface area contributed by atoms with Gasteiger partial charge in [0.25, 0.3) is 10.1 Å². The van der Waals surface area contributed by atoms with Crippen LogP contribution in [0.5, 0.6) is 0 Å². The van der Waals surface area contributed by atoms with Crippen LogP contribution in [0.2, 0.25) is 0 Å². The molecule has 4 amide bonds. The third kappa shape index (κ3) is 5.00. The van der Waals surface area contributed by atoms with Crippen molar-refractivity contribution in [3.05, 3.63) is 60.2 Å². The maximum absolute atomic E-state index is 12.3. The number of hydrogen-bond donors (Lipinski definition) is 5. The molecule has 3 aromatic carbocycles. The summed E-state index contributed by atoms with van der Waals surface area (Å²) in [6.45, 7) is 1.79. The highest BCUT2D eigenvalue weighted by molar-refractivity contribution is 7.85. The summed E-state index contributed by atoms with van der Waals surface area (Å²) < 4.78 is 31.6. The molecule has 0 unspecified atom stereocenters. The molecule has 0 aliphatic carbocycles. The number of nitrogens with two attached hydrogens (primary N) is 1. The molecule has 0 radical (unpaired) electrons. The van der Waals surface area contributed by atoms with Gasteiger partial charge in [0, 0.05) is 17.1 Å². The van der Waals surface area contributed by atoms with Crippen LogP contribution in [0.1, 0.15) is 5.56 Å². The molecule has 0 aromatic heterocycles. The Kier molecular flexibility index (Phi) is 5.39. The average Bonchev–Trinajstić information content (AvgIpc) is 2.62. The molecule has 0 aliphatic heterocycles. The minimum absolute atomic E-state index is 0.205. The van der Waals surface area contributed by atoms with Crippen LogP contribution in [0, 0.1) is 6.92 Å². The summed E-state index contributed by atoms with van der Waals surface area (Å²) in [7, 11) is -4.29. The first-order chi connectivity index (χ1) is 13.6. The van der Waals surface area contributed by atoms with Crippen molar-refractivity contribution < 1.29 is 22.6 Å². The summed E-state index contributed by atoms with van der Waals surface area (Å²) in [5, 5.41) is 9.07. The Morgan fingerprint density at radius 1 is 0.862 bits per heavy atom. The number of fused-ring (bicyclic) bond motifs is 1. The molecule has 10 heteroatoms. The summed E-state index contributed by atoms with van der Waals surface area (Å²) in [4.78, 5) is 23.1. The fraction of sp³-hybridized carbons (Fsp3) is 0.0526. The first kappa shape index (κ1) is 20.1. The monoisotopic (exact) mass is 414 g/mol. The van der Waals surface area contributed by atoms with Gasteiger partial charge in [0.15, 0.2) is 0 Å². The molecular formula is C19H18N4O5S. The second-order valence-electron chi connectivity index (χ2n) is 6.30. The van der Waals surface area contributed by atoms with E-state index in [1.165, 1.54) is 18.2 Å². The Morgan fingerprint density at radius 3 is 2.10 bits per heavy atom. The van der Waals surface area contributed by atoms with E-state index in [0.717, 1.165) is 5.56 Å². The van der Waals surface area contributed by atoms with E-state index in [1.54, 1.807) is 43.3 Å². The number of nitrogens with one attached hydrogen (secondary N) is 3. The first-order valence-electron chi connectivity index (χ1n) is 8.38. The maximum Gasteiger partial charge on any atom is 0.323 e. The Balaban J connectivity index is 1.75. The van der Waals surface area contributed by atoms with E-state index in [1.807, 2.05) is 0 Å². The van der Waals surface area contributed by atoms with Crippen molar-refractivity contribution in [1.29, 1.82) is 0 Å². The van der Waals surface area contributed by atoms with Gasteiger partial charge >= 0.3 is 12.1 Å². The summed E-state index contributed by atoms with van der Waals surface area (Å²) in [6.07, 6.45) is 0. The molecule has 0 atom stereocenters. The van der Waals surface area contributed by atoms with Crippen molar-refractivity contribution in [2.45, 2.75) is 11.8 Å². The van der Waals surface area contributed by atoms with E-state index < -0.39 is 22.2 Å². The van der Waals surface area contributed by atoms with Crippen LogP contribution in [0.4, 0.5) is 26.7 Å². The van der Waals surface area contributed by atoms with Crippen LogP contribution in [0.3, 0.4) is 0 Å². The average molecular weight is 414 g/mol. The fourth-order valence-electron chi connectivity index (χ4n) is 2.72. The van der Waals surface area contributed by atoms with Crippen LogP contribution in [-0.4, -0.2) is 25.0 Å². The number of primary amides is 1. The van der Waals surface area contributed by atoms with Gasteiger partial charge in [-0.25, -0.2) is 9.59 Å². The molecule has 3 aromatic rings. The number of carbonyl (C=O) groups is 2. The Hall–Kier alpha value is -3.63. The maximum atomic E-state index is 12.3. The zero-order valence-corrected chi connectivity index (χ0v) is 16.1. The smallest absolute Gasteiger partial charge is 0.323 e. The lowest BCUT2D eigenvalue weighted by Crippen LogP contribution is -2.21. The van der Waals surface area contributed by atoms with E-state index in [-0.39, 0.29) is 4.90 Å². The normalized spacial score (nSPS) is 11.1. The molecule has 150 valence electrons. The van der Waals surface area contributed by atoms with Crippen LogP contribution < -0.4 is 21.7 Å². The SMILES string of the molecule is Cc1ccc(NC(=O)Nc2ccc3cc(S(=O)(=O)O)ccc3c2)cc1NC(N)=O. The third-order valence-electron chi connectivity index (χ3n) is 4.12. The van der Waals surface area contributed by atoms with Gasteiger partial charge in [-0.2, -0.15) is 8.42 Å². The van der Waals surface area contributed by atoms with Crippen molar-refractivity contribution >= 4 is 50.0 Å². The predicted molar refractivity (Wildman–Crippen MR) is 111 cm³/mol. The van der Waals surface area contributed by atoms with E-state index >= 15 is 0 Å². The Morgan fingerprint density at radius 2 is 1.45 bits per heavy atom. The van der Waals surface area contributed by atoms with Crippen LogP contribution in [0.15, 0.2) is 59.5 Å². The number of hydrogen-bond acceptors (Lipinski definition) is 4. The number of urea groups is 2. The van der Waals surface area contributed by atoms with Crippen molar-refractivity contribution in [3.8, 4) is 0 Å². The van der Waals surface area contributed by atoms with Crippen LogP contribution in [0.25, 0.3) is 10.8 Å². The third-order valence-corrected chi connectivity index (χ3v) is 4.97. The second kappa shape index (κ2) is 7.78. The van der Waals surface area contributed by atoms with Crippen LogP contribution >= 0.6 is 0 Å². The van der Waals surface area contributed by atoms with Gasteiger partial charge in [0.1, 0.15) is 0 Å². The number of aryl methyl sites for hydroxylation is 1. The largest absolute Gasteiger partial charge is 0.351 e. The highest BCUT2D eigenvalue weighted by Crippen LogP contribution is 2.23. The lowest BCUT2D eigenvalue weighted by Gasteiger charge is -2.12. The van der Waals surface area contributed by atoms with Crippen molar-refractivity contribution in [2.24, 2.45) is 5.73 Å². The van der Waals surface area contributed by atoms with Gasteiger partial charge in [-0.05, 0) is 59.7 Å². The molecular weight excluding hydrogens is 396 g/mol. The van der Waals surface area contributed by atoms with Gasteiger partial charge in [0.05, 0.1) is 4.90 Å². The highest BCUT2D eigenvalue weighted by Gasteiger charge is 2.11. The molecule has 0 fully saturated rings. The number of anilines is 3. The number of carbonyl (C=O) groups excluding carboxylic acids is 2. The zero-order valence-electron chi connectivity index (χ0n) is 15.3. The van der Waals surface area contributed by atoms with Gasteiger partial charge in [0.2, 0.25) is 0 Å². The molecule has 6 N–H and O–H groups in total. The van der Waals surface area contributed by atoms with Crippen molar-refractivity contribution in [2.75, 3.05) is 16.0 Å². The summed E-state index contributed by atoms with van der Waals surface area (Å²) >= 11 is 0. The highest BCUT2D eigenvalue weighted by atomic mass is 32.2. The molecule has 0 bridgehead atoms. The van der Waals surface area contributed by atoms with Gasteiger partial charge in [-0.15, -0.1) is 0 Å². The van der Waals surface area contributed by atoms with E-state index in [2.05, 4.69) is 16.0 Å². The van der Waals surface area contributed by atoms with Crippen LogP contribution in [-0.2, 0) is 10.1 Å². The molecule has 0 heterocycles. The Bertz CT molecular complexity index is 1220. The standard InChI is InChI=1S/C19H18N4O5S/c1-11-2-5-15(10-17(11)23-18(20)24)22-19(25)21-14-6-3-13-9-16(29(26,27)28)7-4-12(13)8-14/h2-10H,1H3,(H3,20,23,24)(H2,21,22,25)(H,26,27,28). The summed E-state index contributed by atoms with van der Waals surface area (Å²) in [5.74, 6) is 0. The van der Waals surface area contributed by atoms with E-state index in [9.17, 15) is 18.0 Å². The van der Waals surface area contributed by atoms with Gasteiger partial charge in [-0.3, -0.25) is 4.55 Å².